The third-order valence-electron chi connectivity index (χ3n) is 2.05. The van der Waals surface area contributed by atoms with Crippen LogP contribution in [0.4, 0.5) is 0 Å². The zero-order valence-electron chi connectivity index (χ0n) is 9.53. The minimum atomic E-state index is 0.300. The van der Waals surface area contributed by atoms with Gasteiger partial charge in [-0.15, -0.1) is 0 Å². The Kier molecular flexibility index (Phi) is 8.25. The number of aliphatic hydroxyl groups is 1. The summed E-state index contributed by atoms with van der Waals surface area (Å²) >= 11 is 0. The van der Waals surface area contributed by atoms with Crippen LogP contribution in [0.5, 0.6) is 0 Å². The molecule has 14 heavy (non-hydrogen) atoms. The highest BCUT2D eigenvalue weighted by molar-refractivity contribution is 5.14. The Hall–Kier alpha value is -0.820. The lowest BCUT2D eigenvalue weighted by molar-refractivity contribution is 0.262. The van der Waals surface area contributed by atoms with E-state index in [1.807, 2.05) is 19.9 Å². The second-order valence-corrected chi connectivity index (χ2v) is 3.31. The summed E-state index contributed by atoms with van der Waals surface area (Å²) in [6.45, 7) is 6.47. The Morgan fingerprint density at radius 2 is 1.71 bits per heavy atom. The lowest BCUT2D eigenvalue weighted by Gasteiger charge is -2.08. The first kappa shape index (κ1) is 13.2. The van der Waals surface area contributed by atoms with Crippen molar-refractivity contribution in [2.45, 2.75) is 33.6 Å². The molecular weight excluding hydrogens is 172 g/mol. The van der Waals surface area contributed by atoms with Crippen LogP contribution in [0.25, 0.3) is 0 Å². The molecule has 1 aromatic carbocycles. The van der Waals surface area contributed by atoms with Gasteiger partial charge in [-0.05, 0) is 24.3 Å². The average Bonchev–Trinajstić information content (AvgIpc) is 2.22. The van der Waals surface area contributed by atoms with Gasteiger partial charge in [-0.2, -0.15) is 0 Å². The molecule has 80 valence electrons. The van der Waals surface area contributed by atoms with Gasteiger partial charge in [0.1, 0.15) is 0 Å². The highest BCUT2D eigenvalue weighted by atomic mass is 16.3. The van der Waals surface area contributed by atoms with E-state index < -0.39 is 0 Å². The molecule has 1 nitrogen and oxygen atoms in total. The van der Waals surface area contributed by atoms with Crippen molar-refractivity contribution in [2.75, 3.05) is 6.61 Å². The number of hydrogen-bond donors (Lipinski definition) is 1. The minimum absolute atomic E-state index is 0.300. The molecule has 0 saturated carbocycles. The van der Waals surface area contributed by atoms with Gasteiger partial charge in [-0.3, -0.25) is 0 Å². The molecule has 0 fully saturated rings. The minimum Gasteiger partial charge on any atom is -0.396 e. The standard InChI is InChI=1S/C11H16O.C2H6/c1-10(7-8-12)9-11-5-3-2-4-6-11;1-2/h2-6,10,12H,7-9H2,1H3;1-2H3/t10-;/m0./s1. The van der Waals surface area contributed by atoms with Gasteiger partial charge in [0.25, 0.3) is 0 Å². The van der Waals surface area contributed by atoms with E-state index >= 15 is 0 Å². The normalized spacial score (nSPS) is 11.4. The van der Waals surface area contributed by atoms with E-state index in [4.69, 9.17) is 5.11 Å². The van der Waals surface area contributed by atoms with Gasteiger partial charge < -0.3 is 5.11 Å². The van der Waals surface area contributed by atoms with Gasteiger partial charge in [0.15, 0.2) is 0 Å². The summed E-state index contributed by atoms with van der Waals surface area (Å²) in [4.78, 5) is 0. The van der Waals surface area contributed by atoms with Crippen molar-refractivity contribution >= 4 is 0 Å². The van der Waals surface area contributed by atoms with Gasteiger partial charge in [-0.25, -0.2) is 0 Å². The summed E-state index contributed by atoms with van der Waals surface area (Å²) < 4.78 is 0. The van der Waals surface area contributed by atoms with Crippen LogP contribution in [0.15, 0.2) is 30.3 Å². The SMILES string of the molecule is CC.C[C@@H](CCO)Cc1ccccc1. The van der Waals surface area contributed by atoms with Gasteiger partial charge in [-0.1, -0.05) is 51.1 Å². The Labute approximate surface area is 87.8 Å². The molecule has 0 heterocycles. The van der Waals surface area contributed by atoms with Crippen LogP contribution >= 0.6 is 0 Å². The summed E-state index contributed by atoms with van der Waals surface area (Å²) in [5, 5.41) is 8.71. The molecule has 1 heteroatoms. The van der Waals surface area contributed by atoms with Crippen molar-refractivity contribution in [3.8, 4) is 0 Å². The van der Waals surface area contributed by atoms with E-state index in [2.05, 4.69) is 31.2 Å². The van der Waals surface area contributed by atoms with Crippen molar-refractivity contribution in [1.82, 2.24) is 0 Å². The molecule has 1 rings (SSSR count). The maximum atomic E-state index is 8.71. The van der Waals surface area contributed by atoms with Crippen LogP contribution in [0, 0.1) is 5.92 Å². The molecule has 0 amide bonds. The zero-order valence-corrected chi connectivity index (χ0v) is 9.53. The number of aliphatic hydroxyl groups excluding tert-OH is 1. The largest absolute Gasteiger partial charge is 0.396 e. The van der Waals surface area contributed by atoms with Crippen LogP contribution < -0.4 is 0 Å². The molecule has 0 aliphatic rings. The van der Waals surface area contributed by atoms with Gasteiger partial charge in [0.2, 0.25) is 0 Å². The third kappa shape index (κ3) is 5.76. The van der Waals surface area contributed by atoms with Crippen molar-refractivity contribution in [2.24, 2.45) is 5.92 Å². The van der Waals surface area contributed by atoms with Crippen LogP contribution in [-0.2, 0) is 6.42 Å². The highest BCUT2D eigenvalue weighted by Crippen LogP contribution is 2.10. The maximum Gasteiger partial charge on any atom is 0.0433 e. The summed E-state index contributed by atoms with van der Waals surface area (Å²) in [7, 11) is 0. The van der Waals surface area contributed by atoms with Crippen LogP contribution in [0.1, 0.15) is 32.8 Å². The summed E-state index contributed by atoms with van der Waals surface area (Å²) in [5.41, 5.74) is 1.36. The molecule has 0 aromatic heterocycles. The molecule has 0 bridgehead atoms. The molecule has 0 unspecified atom stereocenters. The fourth-order valence-electron chi connectivity index (χ4n) is 1.34. The molecule has 0 aliphatic carbocycles. The third-order valence-corrected chi connectivity index (χ3v) is 2.05. The predicted octanol–water partition coefficient (Wildman–Crippen LogP) is 3.27. The van der Waals surface area contributed by atoms with Gasteiger partial charge in [0, 0.05) is 6.61 Å². The van der Waals surface area contributed by atoms with Gasteiger partial charge in [0.05, 0.1) is 0 Å². The average molecular weight is 194 g/mol. The van der Waals surface area contributed by atoms with E-state index in [0.717, 1.165) is 12.8 Å². The van der Waals surface area contributed by atoms with Crippen LogP contribution in [-0.4, -0.2) is 11.7 Å². The maximum absolute atomic E-state index is 8.71. The Balaban J connectivity index is 0.000000791. The predicted molar refractivity (Wildman–Crippen MR) is 62.4 cm³/mol. The number of hydrogen-bond acceptors (Lipinski definition) is 1. The summed E-state index contributed by atoms with van der Waals surface area (Å²) in [6.07, 6.45) is 1.97. The van der Waals surface area contributed by atoms with E-state index in [1.54, 1.807) is 0 Å². The highest BCUT2D eigenvalue weighted by Gasteiger charge is 2.01. The zero-order chi connectivity index (χ0) is 10.8. The van der Waals surface area contributed by atoms with E-state index in [1.165, 1.54) is 5.56 Å². The first-order valence-corrected chi connectivity index (χ1v) is 5.47. The molecule has 1 atom stereocenters. The fraction of sp³-hybridized carbons (Fsp3) is 0.538. The summed E-state index contributed by atoms with van der Waals surface area (Å²) in [5.74, 6) is 0.581. The number of benzene rings is 1. The van der Waals surface area contributed by atoms with Crippen molar-refractivity contribution < 1.29 is 5.11 Å². The Morgan fingerprint density at radius 1 is 1.14 bits per heavy atom. The monoisotopic (exact) mass is 194 g/mol. The van der Waals surface area contributed by atoms with Crippen molar-refractivity contribution in [3.05, 3.63) is 35.9 Å². The van der Waals surface area contributed by atoms with E-state index in [9.17, 15) is 0 Å². The molecular formula is C13H22O. The number of rotatable bonds is 4. The molecule has 0 saturated heterocycles. The smallest absolute Gasteiger partial charge is 0.0433 e. The Bertz CT molecular complexity index is 206. The second kappa shape index (κ2) is 8.76. The summed E-state index contributed by atoms with van der Waals surface area (Å²) in [6, 6.07) is 10.4. The molecule has 0 spiro atoms. The topological polar surface area (TPSA) is 20.2 Å². The van der Waals surface area contributed by atoms with Gasteiger partial charge >= 0.3 is 0 Å². The second-order valence-electron chi connectivity index (χ2n) is 3.31. The van der Waals surface area contributed by atoms with E-state index in [-0.39, 0.29) is 0 Å². The molecule has 0 radical (unpaired) electrons. The lowest BCUT2D eigenvalue weighted by Crippen LogP contribution is -2.01. The Morgan fingerprint density at radius 3 is 2.21 bits per heavy atom. The van der Waals surface area contributed by atoms with Crippen LogP contribution in [0.3, 0.4) is 0 Å². The first-order chi connectivity index (χ1) is 6.83. The molecule has 1 N–H and O–H groups in total. The quantitative estimate of drug-likeness (QED) is 0.780. The lowest BCUT2D eigenvalue weighted by atomic mass is 9.99. The van der Waals surface area contributed by atoms with Crippen LogP contribution in [0.2, 0.25) is 0 Å². The molecule has 0 aliphatic heterocycles. The molecule has 1 aromatic rings. The first-order valence-electron chi connectivity index (χ1n) is 5.47. The van der Waals surface area contributed by atoms with Crippen molar-refractivity contribution in [3.63, 3.8) is 0 Å². The van der Waals surface area contributed by atoms with Crippen molar-refractivity contribution in [1.29, 1.82) is 0 Å². The fourth-order valence-corrected chi connectivity index (χ4v) is 1.34. The van der Waals surface area contributed by atoms with E-state index in [0.29, 0.717) is 12.5 Å².